The van der Waals surface area contributed by atoms with Gasteiger partial charge in [0.15, 0.2) is 0 Å². The summed E-state index contributed by atoms with van der Waals surface area (Å²) in [6, 6.07) is -0.275. The van der Waals surface area contributed by atoms with Crippen LogP contribution < -0.4 is 11.1 Å². The Morgan fingerprint density at radius 1 is 1.38 bits per heavy atom. The first-order chi connectivity index (χ1) is 7.49. The van der Waals surface area contributed by atoms with E-state index >= 15 is 0 Å². The topological polar surface area (TPSA) is 113 Å². The maximum Gasteiger partial charge on any atom is 0.317 e. The minimum absolute atomic E-state index is 0.0411. The van der Waals surface area contributed by atoms with Crippen LogP contribution in [0.5, 0.6) is 0 Å². The van der Waals surface area contributed by atoms with Crippen LogP contribution in [0.25, 0.3) is 0 Å². The summed E-state index contributed by atoms with van der Waals surface area (Å²) >= 11 is 0. The smallest absolute Gasteiger partial charge is 0.317 e. The summed E-state index contributed by atoms with van der Waals surface area (Å²) in [5, 5.41) is 11.0. The second-order valence-corrected chi connectivity index (χ2v) is 3.82. The quantitative estimate of drug-likeness (QED) is 0.559. The molecule has 0 spiro atoms. The molecule has 0 unspecified atom stereocenters. The van der Waals surface area contributed by atoms with E-state index in [1.54, 1.807) is 0 Å². The number of amides is 3. The van der Waals surface area contributed by atoms with Gasteiger partial charge in [-0.1, -0.05) is 0 Å². The number of carboxylic acids is 1. The van der Waals surface area contributed by atoms with Crippen LogP contribution in [-0.2, 0) is 9.59 Å². The SMILES string of the molecule is NC(=O)CCNC(=O)N1CC(CC(=O)O)C1. The Hall–Kier alpha value is -1.79. The van der Waals surface area contributed by atoms with Crippen molar-refractivity contribution in [1.29, 1.82) is 0 Å². The number of aliphatic carboxylic acids is 1. The second-order valence-electron chi connectivity index (χ2n) is 3.82. The van der Waals surface area contributed by atoms with Gasteiger partial charge in [0.2, 0.25) is 5.91 Å². The van der Waals surface area contributed by atoms with Crippen LogP contribution in [0.2, 0.25) is 0 Å². The number of carboxylic acid groups (broad SMARTS) is 1. The highest BCUT2D eigenvalue weighted by Gasteiger charge is 2.31. The number of rotatable bonds is 5. The Morgan fingerprint density at radius 3 is 2.50 bits per heavy atom. The highest BCUT2D eigenvalue weighted by molar-refractivity contribution is 5.77. The van der Waals surface area contributed by atoms with Gasteiger partial charge in [0.05, 0.1) is 6.42 Å². The van der Waals surface area contributed by atoms with E-state index in [0.29, 0.717) is 13.1 Å². The lowest BCUT2D eigenvalue weighted by atomic mass is 9.97. The lowest BCUT2D eigenvalue weighted by Gasteiger charge is -2.38. The van der Waals surface area contributed by atoms with Crippen molar-refractivity contribution in [2.24, 2.45) is 11.7 Å². The van der Waals surface area contributed by atoms with E-state index in [-0.39, 0.29) is 31.3 Å². The highest BCUT2D eigenvalue weighted by atomic mass is 16.4. The van der Waals surface area contributed by atoms with Crippen LogP contribution in [0.1, 0.15) is 12.8 Å². The average Bonchev–Trinajstić information content (AvgIpc) is 2.09. The average molecular weight is 229 g/mol. The normalized spacial score (nSPS) is 15.4. The maximum absolute atomic E-state index is 11.4. The third-order valence-electron chi connectivity index (χ3n) is 2.36. The molecule has 16 heavy (non-hydrogen) atoms. The number of primary amides is 1. The molecule has 0 aromatic heterocycles. The maximum atomic E-state index is 11.4. The van der Waals surface area contributed by atoms with Crippen molar-refractivity contribution in [3.05, 3.63) is 0 Å². The first-order valence-corrected chi connectivity index (χ1v) is 5.02. The van der Waals surface area contributed by atoms with Crippen LogP contribution in [-0.4, -0.2) is 47.5 Å². The summed E-state index contributed by atoms with van der Waals surface area (Å²) in [4.78, 5) is 33.6. The van der Waals surface area contributed by atoms with Gasteiger partial charge >= 0.3 is 12.0 Å². The van der Waals surface area contributed by atoms with Gasteiger partial charge in [-0.2, -0.15) is 0 Å². The van der Waals surface area contributed by atoms with Gasteiger partial charge in [-0.15, -0.1) is 0 Å². The molecule has 0 bridgehead atoms. The molecule has 90 valence electrons. The van der Waals surface area contributed by atoms with Crippen LogP contribution in [0.4, 0.5) is 4.79 Å². The number of hydrogen-bond acceptors (Lipinski definition) is 3. The molecule has 0 aromatic rings. The van der Waals surface area contributed by atoms with Gasteiger partial charge in [-0.25, -0.2) is 4.79 Å². The summed E-state index contributed by atoms with van der Waals surface area (Å²) in [6.45, 7) is 1.12. The molecule has 3 amide bonds. The molecule has 7 nitrogen and oxygen atoms in total. The molecule has 1 aliphatic rings. The number of carbonyl (C=O) groups is 3. The summed E-state index contributed by atoms with van der Waals surface area (Å²) in [6.07, 6.45) is 0.198. The van der Waals surface area contributed by atoms with Crippen molar-refractivity contribution in [3.8, 4) is 0 Å². The Bertz CT molecular complexity index is 299. The number of nitrogens with two attached hydrogens (primary N) is 1. The third kappa shape index (κ3) is 3.76. The predicted molar refractivity (Wildman–Crippen MR) is 54.5 cm³/mol. The number of nitrogens with zero attached hydrogens (tertiary/aromatic N) is 1. The number of hydrogen-bond donors (Lipinski definition) is 3. The Morgan fingerprint density at radius 2 is 2.00 bits per heavy atom. The molecular formula is C9H15N3O4. The zero-order chi connectivity index (χ0) is 12.1. The Balaban J connectivity index is 2.12. The van der Waals surface area contributed by atoms with Gasteiger partial charge in [0, 0.05) is 32.0 Å². The van der Waals surface area contributed by atoms with Crippen LogP contribution >= 0.6 is 0 Å². The molecule has 0 aromatic carbocycles. The van der Waals surface area contributed by atoms with E-state index in [4.69, 9.17) is 10.8 Å². The Labute approximate surface area is 92.6 Å². The number of carbonyl (C=O) groups excluding carboxylic acids is 2. The first-order valence-electron chi connectivity index (χ1n) is 5.02. The molecule has 0 atom stereocenters. The van der Waals surface area contributed by atoms with Gasteiger partial charge < -0.3 is 21.1 Å². The zero-order valence-electron chi connectivity index (χ0n) is 8.81. The van der Waals surface area contributed by atoms with Crippen molar-refractivity contribution in [1.82, 2.24) is 10.2 Å². The molecule has 0 aliphatic carbocycles. The first kappa shape index (κ1) is 12.3. The summed E-state index contributed by atoms with van der Waals surface area (Å²) in [7, 11) is 0. The van der Waals surface area contributed by atoms with Gasteiger partial charge in [0.1, 0.15) is 0 Å². The van der Waals surface area contributed by atoms with E-state index in [1.165, 1.54) is 4.90 Å². The minimum atomic E-state index is -0.848. The fourth-order valence-electron chi connectivity index (χ4n) is 1.52. The highest BCUT2D eigenvalue weighted by Crippen LogP contribution is 2.18. The molecule has 1 saturated heterocycles. The van der Waals surface area contributed by atoms with Crippen molar-refractivity contribution in [3.63, 3.8) is 0 Å². The summed E-state index contributed by atoms with van der Waals surface area (Å²) < 4.78 is 0. The summed E-state index contributed by atoms with van der Waals surface area (Å²) in [5.74, 6) is -1.27. The lowest BCUT2D eigenvalue weighted by molar-refractivity contribution is -0.139. The monoisotopic (exact) mass is 229 g/mol. The summed E-state index contributed by atoms with van der Waals surface area (Å²) in [5.41, 5.74) is 4.91. The second kappa shape index (κ2) is 5.34. The van der Waals surface area contributed by atoms with E-state index < -0.39 is 11.9 Å². The molecule has 0 radical (unpaired) electrons. The molecular weight excluding hydrogens is 214 g/mol. The van der Waals surface area contributed by atoms with Gasteiger partial charge in [0.25, 0.3) is 0 Å². The van der Waals surface area contributed by atoms with Crippen LogP contribution in [0, 0.1) is 5.92 Å². The molecule has 4 N–H and O–H groups in total. The number of likely N-dealkylation sites (tertiary alicyclic amines) is 1. The fraction of sp³-hybridized carbons (Fsp3) is 0.667. The van der Waals surface area contributed by atoms with Crippen molar-refractivity contribution in [2.45, 2.75) is 12.8 Å². The van der Waals surface area contributed by atoms with E-state index in [0.717, 1.165) is 0 Å². The van der Waals surface area contributed by atoms with Crippen molar-refractivity contribution >= 4 is 17.9 Å². The van der Waals surface area contributed by atoms with Crippen molar-refractivity contribution in [2.75, 3.05) is 19.6 Å². The molecule has 1 aliphatic heterocycles. The number of urea groups is 1. The predicted octanol–water partition coefficient (Wildman–Crippen LogP) is -1.02. The van der Waals surface area contributed by atoms with Gasteiger partial charge in [-0.05, 0) is 0 Å². The zero-order valence-corrected chi connectivity index (χ0v) is 8.81. The standard InChI is InChI=1S/C9H15N3O4/c10-7(13)1-2-11-9(16)12-4-6(5-12)3-8(14)15/h6H,1-5H2,(H2,10,13)(H,11,16)(H,14,15). The van der Waals surface area contributed by atoms with E-state index in [1.807, 2.05) is 0 Å². The van der Waals surface area contributed by atoms with Crippen molar-refractivity contribution < 1.29 is 19.5 Å². The third-order valence-corrected chi connectivity index (χ3v) is 2.36. The Kier molecular flexibility index (Phi) is 4.10. The minimum Gasteiger partial charge on any atom is -0.481 e. The van der Waals surface area contributed by atoms with Crippen LogP contribution in [0.3, 0.4) is 0 Å². The molecule has 1 heterocycles. The fourth-order valence-corrected chi connectivity index (χ4v) is 1.52. The molecule has 0 saturated carbocycles. The van der Waals surface area contributed by atoms with Gasteiger partial charge in [-0.3, -0.25) is 9.59 Å². The molecule has 1 fully saturated rings. The van der Waals surface area contributed by atoms with E-state index in [2.05, 4.69) is 5.32 Å². The largest absolute Gasteiger partial charge is 0.481 e. The van der Waals surface area contributed by atoms with Crippen LogP contribution in [0.15, 0.2) is 0 Å². The number of nitrogens with one attached hydrogen (secondary N) is 1. The van der Waals surface area contributed by atoms with E-state index in [9.17, 15) is 14.4 Å². The lowest BCUT2D eigenvalue weighted by Crippen LogP contribution is -2.54. The molecule has 1 rings (SSSR count). The molecule has 7 heteroatoms.